The molecule has 1 saturated heterocycles. The largest absolute Gasteiger partial charge is 0.144 e. The Kier molecular flexibility index (Phi) is 3.44. The highest BCUT2D eigenvalue weighted by atomic mass is 32.2. The second-order valence-corrected chi connectivity index (χ2v) is 6.39. The van der Waals surface area contributed by atoms with E-state index in [0.29, 0.717) is 4.08 Å². The molecule has 10 heavy (non-hydrogen) atoms. The van der Waals surface area contributed by atoms with Gasteiger partial charge in [0.15, 0.2) is 0 Å². The fourth-order valence-corrected chi connectivity index (χ4v) is 4.14. The predicted octanol–water partition coefficient (Wildman–Crippen LogP) is 3.37. The second kappa shape index (κ2) is 3.91. The molecule has 0 radical (unpaired) electrons. The molecular weight excluding hydrogens is 160 g/mol. The quantitative estimate of drug-likeness (QED) is 0.646. The van der Waals surface area contributed by atoms with Gasteiger partial charge >= 0.3 is 0 Å². The lowest BCUT2D eigenvalue weighted by molar-refractivity contribution is 0.688. The van der Waals surface area contributed by atoms with Gasteiger partial charge in [0.1, 0.15) is 0 Å². The molecule has 1 fully saturated rings. The maximum absolute atomic E-state index is 2.39. The smallest absolute Gasteiger partial charge is 0.0583 e. The molecule has 60 valence electrons. The third-order valence-corrected chi connectivity index (χ3v) is 5.29. The summed E-state index contributed by atoms with van der Waals surface area (Å²) >= 11 is 4.30. The Morgan fingerprint density at radius 1 is 1.30 bits per heavy atom. The van der Waals surface area contributed by atoms with Gasteiger partial charge in [0, 0.05) is 11.5 Å². The average molecular weight is 176 g/mol. The summed E-state index contributed by atoms with van der Waals surface area (Å²) in [5, 5.41) is 0. The van der Waals surface area contributed by atoms with Crippen molar-refractivity contribution >= 4 is 23.5 Å². The summed E-state index contributed by atoms with van der Waals surface area (Å²) in [7, 11) is 0. The van der Waals surface area contributed by atoms with E-state index in [4.69, 9.17) is 0 Å². The molecule has 0 bridgehead atoms. The number of rotatable bonds is 3. The Bertz CT molecular complexity index is 95.4. The van der Waals surface area contributed by atoms with Crippen molar-refractivity contribution in [3.63, 3.8) is 0 Å². The van der Waals surface area contributed by atoms with Crippen LogP contribution in [0.3, 0.4) is 0 Å². The van der Waals surface area contributed by atoms with E-state index in [1.54, 1.807) is 0 Å². The third kappa shape index (κ3) is 2.39. The van der Waals surface area contributed by atoms with E-state index in [0.717, 1.165) is 0 Å². The number of hydrogen-bond donors (Lipinski definition) is 0. The monoisotopic (exact) mass is 176 g/mol. The summed E-state index contributed by atoms with van der Waals surface area (Å²) in [6.07, 6.45) is 4.14. The Morgan fingerprint density at radius 2 is 1.90 bits per heavy atom. The fourth-order valence-electron chi connectivity index (χ4n) is 1.20. The zero-order chi connectivity index (χ0) is 7.45. The lowest BCUT2D eigenvalue weighted by atomic mass is 10.2. The minimum Gasteiger partial charge on any atom is -0.144 e. The van der Waals surface area contributed by atoms with Crippen molar-refractivity contribution in [1.82, 2.24) is 0 Å². The maximum Gasteiger partial charge on any atom is 0.0583 e. The van der Waals surface area contributed by atoms with E-state index >= 15 is 0 Å². The Hall–Kier alpha value is 0.700. The Morgan fingerprint density at radius 3 is 2.40 bits per heavy atom. The summed E-state index contributed by atoms with van der Waals surface area (Å²) in [5.41, 5.74) is 0. The first-order valence-corrected chi connectivity index (χ1v) is 6.02. The van der Waals surface area contributed by atoms with E-state index in [9.17, 15) is 0 Å². The van der Waals surface area contributed by atoms with Gasteiger partial charge in [0.25, 0.3) is 0 Å². The highest BCUT2D eigenvalue weighted by Crippen LogP contribution is 2.46. The van der Waals surface area contributed by atoms with Crippen LogP contribution < -0.4 is 0 Å². The summed E-state index contributed by atoms with van der Waals surface area (Å²) in [6, 6.07) is 0. The fraction of sp³-hybridized carbons (Fsp3) is 1.00. The molecule has 1 heterocycles. The van der Waals surface area contributed by atoms with Crippen LogP contribution in [0.2, 0.25) is 0 Å². The molecule has 0 N–H and O–H groups in total. The first-order chi connectivity index (χ1) is 4.77. The van der Waals surface area contributed by atoms with Crippen LogP contribution in [0.5, 0.6) is 0 Å². The Labute approximate surface area is 72.5 Å². The Balaban J connectivity index is 2.22. The van der Waals surface area contributed by atoms with E-state index in [2.05, 4.69) is 37.4 Å². The van der Waals surface area contributed by atoms with Crippen molar-refractivity contribution in [2.45, 2.75) is 37.2 Å². The van der Waals surface area contributed by atoms with Crippen LogP contribution >= 0.6 is 23.5 Å². The van der Waals surface area contributed by atoms with Crippen LogP contribution in [0.4, 0.5) is 0 Å². The maximum atomic E-state index is 2.39. The zero-order valence-electron chi connectivity index (χ0n) is 6.85. The van der Waals surface area contributed by atoms with Crippen LogP contribution in [0.25, 0.3) is 0 Å². The summed E-state index contributed by atoms with van der Waals surface area (Å²) in [4.78, 5) is 0. The van der Waals surface area contributed by atoms with E-state index in [1.807, 2.05) is 0 Å². The van der Waals surface area contributed by atoms with Gasteiger partial charge in [-0.25, -0.2) is 0 Å². The normalized spacial score (nSPS) is 23.4. The molecule has 2 heteroatoms. The topological polar surface area (TPSA) is 0 Å². The minimum atomic E-state index is 0.579. The summed E-state index contributed by atoms with van der Waals surface area (Å²) in [5.74, 6) is 2.73. The number of unbranched alkanes of at least 4 members (excludes halogenated alkanes) is 1. The highest BCUT2D eigenvalue weighted by Gasteiger charge is 2.28. The molecule has 0 unspecified atom stereocenters. The van der Waals surface area contributed by atoms with Crippen molar-refractivity contribution in [1.29, 1.82) is 0 Å². The van der Waals surface area contributed by atoms with E-state index in [-0.39, 0.29) is 0 Å². The van der Waals surface area contributed by atoms with Crippen molar-refractivity contribution in [3.8, 4) is 0 Å². The van der Waals surface area contributed by atoms with Crippen LogP contribution in [-0.4, -0.2) is 15.6 Å². The van der Waals surface area contributed by atoms with Crippen LogP contribution in [0.1, 0.15) is 33.1 Å². The minimum absolute atomic E-state index is 0.579. The molecule has 1 aliphatic heterocycles. The molecule has 0 amide bonds. The van der Waals surface area contributed by atoms with Crippen LogP contribution in [-0.2, 0) is 0 Å². The van der Waals surface area contributed by atoms with Crippen LogP contribution in [0.15, 0.2) is 0 Å². The van der Waals surface area contributed by atoms with Gasteiger partial charge in [-0.15, -0.1) is 23.5 Å². The molecule has 0 aliphatic carbocycles. The molecule has 0 atom stereocenters. The van der Waals surface area contributed by atoms with Gasteiger partial charge in [-0.3, -0.25) is 0 Å². The van der Waals surface area contributed by atoms with Gasteiger partial charge < -0.3 is 0 Å². The molecule has 0 aromatic rings. The van der Waals surface area contributed by atoms with Crippen molar-refractivity contribution < 1.29 is 0 Å². The van der Waals surface area contributed by atoms with Gasteiger partial charge in [-0.1, -0.05) is 19.8 Å². The van der Waals surface area contributed by atoms with Gasteiger partial charge in [-0.05, 0) is 13.3 Å². The van der Waals surface area contributed by atoms with E-state index < -0.39 is 0 Å². The predicted molar refractivity (Wildman–Crippen MR) is 52.8 cm³/mol. The molecule has 0 aromatic carbocycles. The lowest BCUT2D eigenvalue weighted by Gasteiger charge is -2.20. The molecule has 1 aliphatic rings. The SMILES string of the molecule is CCCCC1(C)SCCS1. The first-order valence-electron chi connectivity index (χ1n) is 4.05. The second-order valence-electron chi connectivity index (χ2n) is 2.93. The van der Waals surface area contributed by atoms with Crippen molar-refractivity contribution in [2.75, 3.05) is 11.5 Å². The lowest BCUT2D eigenvalue weighted by Crippen LogP contribution is -2.09. The zero-order valence-corrected chi connectivity index (χ0v) is 8.49. The van der Waals surface area contributed by atoms with Gasteiger partial charge in [0.05, 0.1) is 4.08 Å². The number of thioether (sulfide) groups is 2. The molecule has 0 nitrogen and oxygen atoms in total. The third-order valence-electron chi connectivity index (χ3n) is 1.88. The summed E-state index contributed by atoms with van der Waals surface area (Å²) < 4.78 is 0.579. The van der Waals surface area contributed by atoms with E-state index in [1.165, 1.54) is 30.8 Å². The summed E-state index contributed by atoms with van der Waals surface area (Å²) in [6.45, 7) is 4.67. The molecular formula is C8H16S2. The highest BCUT2D eigenvalue weighted by molar-refractivity contribution is 8.21. The van der Waals surface area contributed by atoms with Crippen molar-refractivity contribution in [2.24, 2.45) is 0 Å². The average Bonchev–Trinajstić information content (AvgIpc) is 2.33. The van der Waals surface area contributed by atoms with Crippen molar-refractivity contribution in [3.05, 3.63) is 0 Å². The van der Waals surface area contributed by atoms with Crippen LogP contribution in [0, 0.1) is 0 Å². The molecule has 0 aromatic heterocycles. The first kappa shape index (κ1) is 8.79. The van der Waals surface area contributed by atoms with Gasteiger partial charge in [0.2, 0.25) is 0 Å². The molecule has 0 saturated carbocycles. The molecule has 0 spiro atoms. The van der Waals surface area contributed by atoms with Gasteiger partial charge in [-0.2, -0.15) is 0 Å². The molecule has 1 rings (SSSR count). The number of hydrogen-bond acceptors (Lipinski definition) is 2. The standard InChI is InChI=1S/C8H16S2/c1-3-4-5-8(2)9-6-7-10-8/h3-7H2,1-2H3.